The summed E-state index contributed by atoms with van der Waals surface area (Å²) in [5.74, 6) is 0. The van der Waals surface area contributed by atoms with Gasteiger partial charge in [-0.3, -0.25) is 0 Å². The second-order valence-corrected chi connectivity index (χ2v) is 9.41. The quantitative estimate of drug-likeness (QED) is 0.169. The lowest BCUT2D eigenvalue weighted by atomic mass is 9.98. The van der Waals surface area contributed by atoms with Crippen molar-refractivity contribution in [3.8, 4) is 17.2 Å². The number of fused-ring (bicyclic) bond motifs is 1. The van der Waals surface area contributed by atoms with Gasteiger partial charge in [0.1, 0.15) is 0 Å². The summed E-state index contributed by atoms with van der Waals surface area (Å²) in [6.07, 6.45) is 1.95. The lowest BCUT2D eigenvalue weighted by Crippen LogP contribution is -2.09. The number of rotatable bonds is 6. The maximum absolute atomic E-state index is 9.96. The molecule has 0 spiro atoms. The normalized spacial score (nSPS) is 11.2. The molecule has 0 aliphatic heterocycles. The van der Waals surface area contributed by atoms with Crippen molar-refractivity contribution >= 4 is 39.5 Å². The Kier molecular flexibility index (Phi) is 6.72. The highest BCUT2D eigenvalue weighted by molar-refractivity contribution is 5.91. The number of hydrogen-bond donors (Lipinski definition) is 0. The van der Waals surface area contributed by atoms with E-state index in [0.717, 1.165) is 33.8 Å². The zero-order chi connectivity index (χ0) is 26.4. The number of nitriles is 1. The largest absolute Gasteiger partial charge is 0.311 e. The first-order valence-electron chi connectivity index (χ1n) is 13.0. The van der Waals surface area contributed by atoms with Crippen LogP contribution in [0.4, 0.5) is 17.1 Å². The minimum absolute atomic E-state index is 0.635. The topological polar surface area (TPSA) is 27.0 Å². The summed E-state index contributed by atoms with van der Waals surface area (Å²) in [4.78, 5) is 2.23. The highest BCUT2D eigenvalue weighted by atomic mass is 15.1. The van der Waals surface area contributed by atoms with Gasteiger partial charge in [-0.1, -0.05) is 109 Å². The van der Waals surface area contributed by atoms with Crippen molar-refractivity contribution in [3.05, 3.63) is 163 Å². The molecule has 39 heavy (non-hydrogen) atoms. The standard InChI is InChI=1S/C37H26N2/c38-27-34(31-19-17-30(18-20-31)33-22-21-29-9-7-8-10-32(29)26-33)25-28-15-23-37(24-16-28)39(35-11-3-1-4-12-35)36-13-5-2-6-14-36/h1-26H/b34-25+. The SMILES string of the molecule is N#C/C(=C\c1ccc(N(c2ccccc2)c2ccccc2)cc1)c1ccc(-c2ccc3ccccc3c2)cc1. The molecule has 6 rings (SSSR count). The van der Waals surface area contributed by atoms with Gasteiger partial charge in [0.05, 0.1) is 11.6 Å². The molecule has 184 valence electrons. The molecule has 0 bridgehead atoms. The second-order valence-electron chi connectivity index (χ2n) is 9.41. The van der Waals surface area contributed by atoms with Gasteiger partial charge < -0.3 is 4.90 Å². The molecule has 0 saturated carbocycles. The lowest BCUT2D eigenvalue weighted by Gasteiger charge is -2.25. The van der Waals surface area contributed by atoms with Gasteiger partial charge in [0.15, 0.2) is 0 Å². The third-order valence-electron chi connectivity index (χ3n) is 6.89. The van der Waals surface area contributed by atoms with E-state index in [9.17, 15) is 5.26 Å². The molecule has 0 fully saturated rings. The summed E-state index contributed by atoms with van der Waals surface area (Å²) in [5, 5.41) is 12.4. The van der Waals surface area contributed by atoms with E-state index in [1.165, 1.54) is 16.3 Å². The number of benzene rings is 6. The lowest BCUT2D eigenvalue weighted by molar-refractivity contribution is 1.28. The summed E-state index contributed by atoms with van der Waals surface area (Å²) in [6, 6.07) is 54.5. The number of hydrogen-bond acceptors (Lipinski definition) is 2. The van der Waals surface area contributed by atoms with Crippen molar-refractivity contribution in [2.45, 2.75) is 0 Å². The van der Waals surface area contributed by atoms with E-state index in [1.807, 2.05) is 54.6 Å². The number of nitrogens with zero attached hydrogens (tertiary/aromatic N) is 2. The van der Waals surface area contributed by atoms with Crippen LogP contribution in [0.25, 0.3) is 33.5 Å². The molecule has 0 atom stereocenters. The Bertz CT molecular complexity index is 1740. The van der Waals surface area contributed by atoms with Gasteiger partial charge in [-0.2, -0.15) is 5.26 Å². The molecule has 2 nitrogen and oxygen atoms in total. The van der Waals surface area contributed by atoms with Crippen LogP contribution in [0, 0.1) is 11.3 Å². The van der Waals surface area contributed by atoms with E-state index in [4.69, 9.17) is 0 Å². The number of anilines is 3. The van der Waals surface area contributed by atoms with Crippen molar-refractivity contribution in [3.63, 3.8) is 0 Å². The number of allylic oxidation sites excluding steroid dienone is 1. The average Bonchev–Trinajstić information content (AvgIpc) is 3.02. The molecular weight excluding hydrogens is 472 g/mol. The molecule has 2 heteroatoms. The van der Waals surface area contributed by atoms with Gasteiger partial charge in [0.2, 0.25) is 0 Å². The maximum Gasteiger partial charge on any atom is 0.0998 e. The average molecular weight is 499 g/mol. The Morgan fingerprint density at radius 2 is 1.05 bits per heavy atom. The molecule has 0 saturated heterocycles. The first kappa shape index (κ1) is 24.0. The first-order valence-corrected chi connectivity index (χ1v) is 13.0. The zero-order valence-corrected chi connectivity index (χ0v) is 21.4. The van der Waals surface area contributed by atoms with Crippen LogP contribution in [-0.2, 0) is 0 Å². The van der Waals surface area contributed by atoms with Crippen LogP contribution in [0.1, 0.15) is 11.1 Å². The summed E-state index contributed by atoms with van der Waals surface area (Å²) >= 11 is 0. The summed E-state index contributed by atoms with van der Waals surface area (Å²) in [5.41, 5.74) is 8.06. The van der Waals surface area contributed by atoms with Crippen LogP contribution in [0.5, 0.6) is 0 Å². The highest BCUT2D eigenvalue weighted by Crippen LogP contribution is 2.34. The molecule has 0 radical (unpaired) electrons. The minimum atomic E-state index is 0.635. The predicted molar refractivity (Wildman–Crippen MR) is 164 cm³/mol. The van der Waals surface area contributed by atoms with Gasteiger partial charge >= 0.3 is 0 Å². The van der Waals surface area contributed by atoms with E-state index in [0.29, 0.717) is 5.57 Å². The van der Waals surface area contributed by atoms with Crippen LogP contribution in [0.2, 0.25) is 0 Å². The molecule has 0 aliphatic carbocycles. The van der Waals surface area contributed by atoms with E-state index in [-0.39, 0.29) is 0 Å². The molecule has 0 heterocycles. The summed E-state index contributed by atoms with van der Waals surface area (Å²) < 4.78 is 0. The molecule has 0 N–H and O–H groups in total. The molecule has 0 unspecified atom stereocenters. The molecule has 6 aromatic carbocycles. The van der Waals surface area contributed by atoms with Gasteiger partial charge in [-0.25, -0.2) is 0 Å². The highest BCUT2D eigenvalue weighted by Gasteiger charge is 2.11. The predicted octanol–water partition coefficient (Wildman–Crippen LogP) is 10.0. The molecule has 0 aliphatic rings. The Morgan fingerprint density at radius 1 is 0.513 bits per heavy atom. The van der Waals surface area contributed by atoms with E-state index in [2.05, 4.69) is 114 Å². The van der Waals surface area contributed by atoms with Crippen molar-refractivity contribution < 1.29 is 0 Å². The van der Waals surface area contributed by atoms with E-state index >= 15 is 0 Å². The second kappa shape index (κ2) is 10.9. The summed E-state index contributed by atoms with van der Waals surface area (Å²) in [6.45, 7) is 0. The third kappa shape index (κ3) is 5.21. The van der Waals surface area contributed by atoms with Crippen LogP contribution in [0.15, 0.2) is 152 Å². The molecular formula is C37H26N2. The van der Waals surface area contributed by atoms with E-state index < -0.39 is 0 Å². The van der Waals surface area contributed by atoms with Gasteiger partial charge in [0.25, 0.3) is 0 Å². The van der Waals surface area contributed by atoms with Crippen molar-refractivity contribution in [2.24, 2.45) is 0 Å². The van der Waals surface area contributed by atoms with Gasteiger partial charge in [-0.15, -0.1) is 0 Å². The smallest absolute Gasteiger partial charge is 0.0998 e. The minimum Gasteiger partial charge on any atom is -0.311 e. The maximum atomic E-state index is 9.96. The van der Waals surface area contributed by atoms with Crippen molar-refractivity contribution in [2.75, 3.05) is 4.90 Å². The fraction of sp³-hybridized carbons (Fsp3) is 0. The van der Waals surface area contributed by atoms with Crippen LogP contribution in [0.3, 0.4) is 0 Å². The van der Waals surface area contributed by atoms with Crippen molar-refractivity contribution in [1.82, 2.24) is 0 Å². The molecule has 0 amide bonds. The zero-order valence-electron chi connectivity index (χ0n) is 21.4. The van der Waals surface area contributed by atoms with Crippen molar-refractivity contribution in [1.29, 1.82) is 5.26 Å². The summed E-state index contributed by atoms with van der Waals surface area (Å²) in [7, 11) is 0. The van der Waals surface area contributed by atoms with Crippen LogP contribution in [-0.4, -0.2) is 0 Å². The number of para-hydroxylation sites is 2. The van der Waals surface area contributed by atoms with E-state index in [1.54, 1.807) is 0 Å². The monoisotopic (exact) mass is 498 g/mol. The van der Waals surface area contributed by atoms with Crippen LogP contribution < -0.4 is 4.90 Å². The fourth-order valence-electron chi connectivity index (χ4n) is 4.88. The fourth-order valence-corrected chi connectivity index (χ4v) is 4.88. The third-order valence-corrected chi connectivity index (χ3v) is 6.89. The van der Waals surface area contributed by atoms with Gasteiger partial charge in [-0.05, 0) is 81.6 Å². The molecule has 0 aromatic heterocycles. The Balaban J connectivity index is 1.27. The molecule has 6 aromatic rings. The Labute approximate surface area is 229 Å². The Hall–Kier alpha value is -5.39. The van der Waals surface area contributed by atoms with Crippen LogP contribution >= 0.6 is 0 Å². The van der Waals surface area contributed by atoms with Gasteiger partial charge in [0, 0.05) is 17.1 Å². The Morgan fingerprint density at radius 3 is 1.67 bits per heavy atom. The first-order chi connectivity index (χ1) is 19.3.